The van der Waals surface area contributed by atoms with Crippen LogP contribution in [0.25, 0.3) is 0 Å². The van der Waals surface area contributed by atoms with Gasteiger partial charge in [0.1, 0.15) is 12.4 Å². The Labute approximate surface area is 76.8 Å². The van der Waals surface area contributed by atoms with E-state index >= 15 is 0 Å². The van der Waals surface area contributed by atoms with E-state index in [-0.39, 0.29) is 6.10 Å². The number of carbonyl (C=O) groups excluding carboxylic acids is 1. The van der Waals surface area contributed by atoms with Crippen LogP contribution in [0.1, 0.15) is 32.1 Å². The maximum absolute atomic E-state index is 10.9. The van der Waals surface area contributed by atoms with E-state index in [0.29, 0.717) is 0 Å². The standard InChI is InChI=1S/C8H14N2O3/c11-8(9-6-10-12)13-7-4-2-1-3-5-7/h6-7,12H,1-5H2,(H,9,10,11). The van der Waals surface area contributed by atoms with Crippen molar-refractivity contribution in [2.75, 3.05) is 0 Å². The lowest BCUT2D eigenvalue weighted by Gasteiger charge is -2.21. The largest absolute Gasteiger partial charge is 0.446 e. The van der Waals surface area contributed by atoms with Gasteiger partial charge in [-0.05, 0) is 25.7 Å². The molecule has 1 saturated carbocycles. The molecule has 1 rings (SSSR count). The summed E-state index contributed by atoms with van der Waals surface area (Å²) in [6, 6.07) is 0. The highest BCUT2D eigenvalue weighted by molar-refractivity contribution is 5.81. The number of hydrogen-bond donors (Lipinski definition) is 2. The molecule has 1 aliphatic rings. The second-order valence-corrected chi connectivity index (χ2v) is 3.05. The molecule has 0 spiro atoms. The maximum atomic E-state index is 10.9. The number of alkyl carbamates (subject to hydrolysis) is 1. The first-order chi connectivity index (χ1) is 6.33. The predicted molar refractivity (Wildman–Crippen MR) is 46.8 cm³/mol. The van der Waals surface area contributed by atoms with Crippen molar-refractivity contribution in [3.63, 3.8) is 0 Å². The summed E-state index contributed by atoms with van der Waals surface area (Å²) in [7, 11) is 0. The third kappa shape index (κ3) is 3.78. The lowest BCUT2D eigenvalue weighted by atomic mass is 9.98. The van der Waals surface area contributed by atoms with Crippen molar-refractivity contribution in [3.05, 3.63) is 0 Å². The van der Waals surface area contributed by atoms with Crippen molar-refractivity contribution in [1.29, 1.82) is 0 Å². The van der Waals surface area contributed by atoms with Crippen LogP contribution in [0.2, 0.25) is 0 Å². The lowest BCUT2D eigenvalue weighted by Crippen LogP contribution is -2.29. The molecular formula is C8H14N2O3. The van der Waals surface area contributed by atoms with Crippen molar-refractivity contribution in [1.82, 2.24) is 5.32 Å². The molecule has 0 aliphatic heterocycles. The van der Waals surface area contributed by atoms with Crippen LogP contribution in [-0.4, -0.2) is 23.7 Å². The molecule has 5 heteroatoms. The van der Waals surface area contributed by atoms with Gasteiger partial charge in [-0.1, -0.05) is 11.6 Å². The fraction of sp³-hybridized carbons (Fsp3) is 0.750. The summed E-state index contributed by atoms with van der Waals surface area (Å²) in [6.07, 6.45) is 5.70. The Bertz CT molecular complexity index is 188. The fourth-order valence-electron chi connectivity index (χ4n) is 1.45. The smallest absolute Gasteiger partial charge is 0.412 e. The van der Waals surface area contributed by atoms with Gasteiger partial charge < -0.3 is 9.94 Å². The van der Waals surface area contributed by atoms with Crippen molar-refractivity contribution >= 4 is 12.4 Å². The first-order valence-corrected chi connectivity index (χ1v) is 4.46. The highest BCUT2D eigenvalue weighted by Crippen LogP contribution is 2.19. The van der Waals surface area contributed by atoms with Crippen LogP contribution in [-0.2, 0) is 4.74 Å². The Morgan fingerprint density at radius 2 is 2.15 bits per heavy atom. The molecule has 0 aromatic carbocycles. The van der Waals surface area contributed by atoms with Crippen molar-refractivity contribution in [2.24, 2.45) is 5.16 Å². The third-order valence-electron chi connectivity index (χ3n) is 2.07. The van der Waals surface area contributed by atoms with Gasteiger partial charge in [-0.15, -0.1) is 0 Å². The van der Waals surface area contributed by atoms with Gasteiger partial charge in [-0.25, -0.2) is 4.79 Å². The Morgan fingerprint density at radius 1 is 1.46 bits per heavy atom. The van der Waals surface area contributed by atoms with E-state index in [9.17, 15) is 4.79 Å². The van der Waals surface area contributed by atoms with Gasteiger partial charge in [-0.3, -0.25) is 5.32 Å². The summed E-state index contributed by atoms with van der Waals surface area (Å²) in [5.74, 6) is 0. The van der Waals surface area contributed by atoms with E-state index < -0.39 is 6.09 Å². The van der Waals surface area contributed by atoms with Gasteiger partial charge in [0.2, 0.25) is 0 Å². The predicted octanol–water partition coefficient (Wildman–Crippen LogP) is 1.46. The zero-order chi connectivity index (χ0) is 9.52. The number of nitrogens with one attached hydrogen (secondary N) is 1. The minimum absolute atomic E-state index is 0.0286. The number of amides is 1. The number of carbonyl (C=O) groups is 1. The van der Waals surface area contributed by atoms with Gasteiger partial charge in [0.15, 0.2) is 0 Å². The van der Waals surface area contributed by atoms with E-state index in [4.69, 9.17) is 9.94 Å². The van der Waals surface area contributed by atoms with Gasteiger partial charge >= 0.3 is 6.09 Å². The molecule has 1 amide bonds. The monoisotopic (exact) mass is 186 g/mol. The number of nitrogens with zero attached hydrogens (tertiary/aromatic N) is 1. The molecule has 0 saturated heterocycles. The Balaban J connectivity index is 2.18. The van der Waals surface area contributed by atoms with Crippen LogP contribution in [0.3, 0.4) is 0 Å². The molecule has 0 bridgehead atoms. The SMILES string of the molecule is O=C(NC=NO)OC1CCCCC1. The summed E-state index contributed by atoms with van der Waals surface area (Å²) < 4.78 is 5.04. The Hall–Kier alpha value is -1.26. The highest BCUT2D eigenvalue weighted by Gasteiger charge is 2.16. The molecule has 2 N–H and O–H groups in total. The topological polar surface area (TPSA) is 70.9 Å². The minimum Gasteiger partial charge on any atom is -0.446 e. The molecule has 0 radical (unpaired) electrons. The molecule has 13 heavy (non-hydrogen) atoms. The maximum Gasteiger partial charge on any atom is 0.412 e. The zero-order valence-electron chi connectivity index (χ0n) is 7.40. The summed E-state index contributed by atoms with van der Waals surface area (Å²) in [6.45, 7) is 0. The molecule has 1 aliphatic carbocycles. The second kappa shape index (κ2) is 5.40. The quantitative estimate of drug-likeness (QED) is 0.297. The number of ether oxygens (including phenoxy) is 1. The molecular weight excluding hydrogens is 172 g/mol. The van der Waals surface area contributed by atoms with E-state index in [0.717, 1.165) is 32.0 Å². The van der Waals surface area contributed by atoms with E-state index in [1.807, 2.05) is 0 Å². The third-order valence-corrected chi connectivity index (χ3v) is 2.07. The average molecular weight is 186 g/mol. The van der Waals surface area contributed by atoms with Crippen LogP contribution in [0.5, 0.6) is 0 Å². The number of rotatable bonds is 2. The normalized spacial score (nSPS) is 18.8. The van der Waals surface area contributed by atoms with Gasteiger partial charge in [0.25, 0.3) is 0 Å². The fourth-order valence-corrected chi connectivity index (χ4v) is 1.45. The highest BCUT2D eigenvalue weighted by atomic mass is 16.6. The second-order valence-electron chi connectivity index (χ2n) is 3.05. The number of hydrogen-bond acceptors (Lipinski definition) is 4. The summed E-state index contributed by atoms with van der Waals surface area (Å²) in [5, 5.41) is 12.8. The van der Waals surface area contributed by atoms with Gasteiger partial charge in [0, 0.05) is 0 Å². The zero-order valence-corrected chi connectivity index (χ0v) is 7.40. The first-order valence-electron chi connectivity index (χ1n) is 4.46. The Morgan fingerprint density at radius 3 is 2.77 bits per heavy atom. The Kier molecular flexibility index (Phi) is 4.08. The molecule has 1 fully saturated rings. The molecule has 74 valence electrons. The van der Waals surface area contributed by atoms with Crippen LogP contribution < -0.4 is 5.32 Å². The molecule has 5 nitrogen and oxygen atoms in total. The first kappa shape index (κ1) is 9.83. The summed E-state index contributed by atoms with van der Waals surface area (Å²) >= 11 is 0. The molecule has 0 aromatic rings. The summed E-state index contributed by atoms with van der Waals surface area (Å²) in [4.78, 5) is 10.9. The van der Waals surface area contributed by atoms with E-state index in [1.165, 1.54) is 6.42 Å². The summed E-state index contributed by atoms with van der Waals surface area (Å²) in [5.41, 5.74) is 0. The van der Waals surface area contributed by atoms with Crippen molar-refractivity contribution in [3.8, 4) is 0 Å². The molecule has 0 aromatic heterocycles. The van der Waals surface area contributed by atoms with Crippen LogP contribution in [0, 0.1) is 0 Å². The minimum atomic E-state index is -0.551. The molecule has 0 heterocycles. The van der Waals surface area contributed by atoms with Crippen LogP contribution >= 0.6 is 0 Å². The average Bonchev–Trinajstić information content (AvgIpc) is 2.16. The lowest BCUT2D eigenvalue weighted by molar-refractivity contribution is 0.0792. The van der Waals surface area contributed by atoms with E-state index in [1.54, 1.807) is 0 Å². The van der Waals surface area contributed by atoms with Crippen LogP contribution in [0.15, 0.2) is 5.16 Å². The number of oxime groups is 1. The van der Waals surface area contributed by atoms with Crippen molar-refractivity contribution in [2.45, 2.75) is 38.2 Å². The van der Waals surface area contributed by atoms with Crippen molar-refractivity contribution < 1.29 is 14.7 Å². The molecule has 0 unspecified atom stereocenters. The van der Waals surface area contributed by atoms with Gasteiger partial charge in [-0.2, -0.15) is 0 Å². The van der Waals surface area contributed by atoms with Crippen LogP contribution in [0.4, 0.5) is 4.79 Å². The van der Waals surface area contributed by atoms with Gasteiger partial charge in [0.05, 0.1) is 0 Å². The van der Waals surface area contributed by atoms with E-state index in [2.05, 4.69) is 10.5 Å². The molecule has 0 atom stereocenters.